The number of alkyl halides is 2. The molecule has 1 aromatic carbocycles. The summed E-state index contributed by atoms with van der Waals surface area (Å²) < 4.78 is 38.4. The standard InChI is InChI=1S/C9H9ClF3N/c10-7-1-6(2-8(11)3-7)4-9(12,13)5-14/h1-3H,4-5,14H2. The van der Waals surface area contributed by atoms with Crippen molar-refractivity contribution in [1.82, 2.24) is 0 Å². The van der Waals surface area contributed by atoms with Crippen LogP contribution in [0.25, 0.3) is 0 Å². The average Bonchev–Trinajstić information content (AvgIpc) is 2.01. The van der Waals surface area contributed by atoms with Crippen LogP contribution in [0.1, 0.15) is 5.56 Å². The van der Waals surface area contributed by atoms with E-state index in [1.807, 2.05) is 0 Å². The first-order valence-corrected chi connectivity index (χ1v) is 4.33. The van der Waals surface area contributed by atoms with Gasteiger partial charge in [0.25, 0.3) is 5.92 Å². The van der Waals surface area contributed by atoms with Crippen LogP contribution >= 0.6 is 11.6 Å². The van der Waals surface area contributed by atoms with Gasteiger partial charge in [-0.2, -0.15) is 0 Å². The maximum atomic E-state index is 12.8. The summed E-state index contributed by atoms with van der Waals surface area (Å²) in [6, 6.07) is 3.38. The molecule has 78 valence electrons. The van der Waals surface area contributed by atoms with Gasteiger partial charge in [-0.25, -0.2) is 13.2 Å². The Hall–Kier alpha value is -0.740. The highest BCUT2D eigenvalue weighted by atomic mass is 35.5. The van der Waals surface area contributed by atoms with Crippen molar-refractivity contribution in [2.75, 3.05) is 6.54 Å². The van der Waals surface area contributed by atoms with Crippen molar-refractivity contribution >= 4 is 11.6 Å². The second-order valence-corrected chi connectivity index (χ2v) is 3.45. The van der Waals surface area contributed by atoms with E-state index >= 15 is 0 Å². The Morgan fingerprint density at radius 2 is 1.93 bits per heavy atom. The van der Waals surface area contributed by atoms with E-state index in [1.165, 1.54) is 6.07 Å². The Kier molecular flexibility index (Phi) is 3.39. The van der Waals surface area contributed by atoms with Gasteiger partial charge in [0.1, 0.15) is 5.82 Å². The Balaban J connectivity index is 2.87. The molecule has 14 heavy (non-hydrogen) atoms. The first kappa shape index (κ1) is 11.3. The molecule has 0 radical (unpaired) electrons. The normalized spacial score (nSPS) is 11.8. The smallest absolute Gasteiger partial charge is 0.264 e. The van der Waals surface area contributed by atoms with Crippen LogP contribution in [-0.4, -0.2) is 12.5 Å². The minimum Gasteiger partial charge on any atom is -0.325 e. The maximum absolute atomic E-state index is 12.8. The van der Waals surface area contributed by atoms with E-state index in [-0.39, 0.29) is 10.6 Å². The van der Waals surface area contributed by atoms with Gasteiger partial charge in [0, 0.05) is 11.4 Å². The molecule has 0 aliphatic rings. The summed E-state index contributed by atoms with van der Waals surface area (Å²) in [6.07, 6.45) is -0.596. The quantitative estimate of drug-likeness (QED) is 0.838. The number of nitrogens with two attached hydrogens (primary N) is 1. The summed E-state index contributed by atoms with van der Waals surface area (Å²) in [6.45, 7) is -0.763. The third-order valence-electron chi connectivity index (χ3n) is 1.68. The zero-order valence-electron chi connectivity index (χ0n) is 7.24. The molecule has 2 N–H and O–H groups in total. The largest absolute Gasteiger partial charge is 0.325 e. The van der Waals surface area contributed by atoms with Crippen LogP contribution < -0.4 is 5.73 Å². The third kappa shape index (κ3) is 3.20. The lowest BCUT2D eigenvalue weighted by Crippen LogP contribution is -2.30. The fraction of sp³-hybridized carbons (Fsp3) is 0.333. The van der Waals surface area contributed by atoms with Gasteiger partial charge in [-0.05, 0) is 23.8 Å². The van der Waals surface area contributed by atoms with Gasteiger partial charge in [0.15, 0.2) is 0 Å². The number of hydrogen-bond donors (Lipinski definition) is 1. The second kappa shape index (κ2) is 4.19. The molecule has 0 aliphatic carbocycles. The van der Waals surface area contributed by atoms with E-state index in [0.29, 0.717) is 0 Å². The highest BCUT2D eigenvalue weighted by Crippen LogP contribution is 2.22. The van der Waals surface area contributed by atoms with Crippen LogP contribution in [0.4, 0.5) is 13.2 Å². The van der Waals surface area contributed by atoms with Crippen molar-refractivity contribution in [3.63, 3.8) is 0 Å². The van der Waals surface area contributed by atoms with E-state index in [1.54, 1.807) is 0 Å². The fourth-order valence-corrected chi connectivity index (χ4v) is 1.33. The first-order valence-electron chi connectivity index (χ1n) is 3.96. The Labute approximate surface area is 84.7 Å². The molecule has 0 spiro atoms. The van der Waals surface area contributed by atoms with Crippen molar-refractivity contribution in [2.24, 2.45) is 5.73 Å². The molecular formula is C9H9ClF3N. The van der Waals surface area contributed by atoms with Crippen molar-refractivity contribution in [2.45, 2.75) is 12.3 Å². The summed E-state index contributed by atoms with van der Waals surface area (Å²) in [5, 5.41) is 0.104. The van der Waals surface area contributed by atoms with Gasteiger partial charge in [-0.15, -0.1) is 0 Å². The lowest BCUT2D eigenvalue weighted by atomic mass is 10.1. The van der Waals surface area contributed by atoms with Gasteiger partial charge in [-0.3, -0.25) is 0 Å². The molecule has 1 nitrogen and oxygen atoms in total. The third-order valence-corrected chi connectivity index (χ3v) is 1.90. The van der Waals surface area contributed by atoms with Crippen LogP contribution in [0, 0.1) is 5.82 Å². The summed E-state index contributed by atoms with van der Waals surface area (Å²) in [5.74, 6) is -3.64. The lowest BCUT2D eigenvalue weighted by Gasteiger charge is -2.13. The average molecular weight is 224 g/mol. The molecule has 1 rings (SSSR count). The summed E-state index contributed by atoms with van der Waals surface area (Å²) in [5.41, 5.74) is 5.00. The Morgan fingerprint density at radius 1 is 1.29 bits per heavy atom. The molecule has 0 saturated heterocycles. The van der Waals surface area contributed by atoms with Crippen molar-refractivity contribution < 1.29 is 13.2 Å². The Morgan fingerprint density at radius 3 is 2.43 bits per heavy atom. The highest BCUT2D eigenvalue weighted by molar-refractivity contribution is 6.30. The van der Waals surface area contributed by atoms with Crippen LogP contribution in [0.2, 0.25) is 5.02 Å². The molecule has 0 unspecified atom stereocenters. The number of hydrogen-bond acceptors (Lipinski definition) is 1. The predicted molar refractivity (Wildman–Crippen MR) is 49.1 cm³/mol. The predicted octanol–water partition coefficient (Wildman–Crippen LogP) is 2.62. The monoisotopic (exact) mass is 223 g/mol. The summed E-state index contributed by atoms with van der Waals surface area (Å²) >= 11 is 5.51. The van der Waals surface area contributed by atoms with Crippen molar-refractivity contribution in [1.29, 1.82) is 0 Å². The molecule has 0 aromatic heterocycles. The van der Waals surface area contributed by atoms with E-state index in [9.17, 15) is 13.2 Å². The van der Waals surface area contributed by atoms with Crippen LogP contribution in [0.15, 0.2) is 18.2 Å². The van der Waals surface area contributed by atoms with Gasteiger partial charge in [0.2, 0.25) is 0 Å². The molecule has 0 bridgehead atoms. The molecule has 0 heterocycles. The maximum Gasteiger partial charge on any atom is 0.264 e. The second-order valence-electron chi connectivity index (χ2n) is 3.01. The topological polar surface area (TPSA) is 26.0 Å². The zero-order valence-corrected chi connectivity index (χ0v) is 7.99. The van der Waals surface area contributed by atoms with E-state index in [0.717, 1.165) is 12.1 Å². The van der Waals surface area contributed by atoms with Gasteiger partial charge in [-0.1, -0.05) is 11.6 Å². The van der Waals surface area contributed by atoms with Crippen LogP contribution in [-0.2, 0) is 6.42 Å². The molecule has 5 heteroatoms. The van der Waals surface area contributed by atoms with E-state index < -0.39 is 24.7 Å². The molecule has 0 fully saturated rings. The fourth-order valence-electron chi connectivity index (χ4n) is 1.08. The molecule has 0 aliphatic heterocycles. The van der Waals surface area contributed by atoms with E-state index in [4.69, 9.17) is 17.3 Å². The van der Waals surface area contributed by atoms with Gasteiger partial charge >= 0.3 is 0 Å². The minimum atomic E-state index is -3.02. The number of benzene rings is 1. The van der Waals surface area contributed by atoms with Crippen molar-refractivity contribution in [3.8, 4) is 0 Å². The van der Waals surface area contributed by atoms with Crippen LogP contribution in [0.5, 0.6) is 0 Å². The summed E-state index contributed by atoms with van der Waals surface area (Å²) in [7, 11) is 0. The minimum absolute atomic E-state index is 0.104. The first-order chi connectivity index (χ1) is 6.43. The lowest BCUT2D eigenvalue weighted by molar-refractivity contribution is 0.0114. The zero-order chi connectivity index (χ0) is 10.8. The molecule has 0 saturated carbocycles. The SMILES string of the molecule is NCC(F)(F)Cc1cc(F)cc(Cl)c1. The van der Waals surface area contributed by atoms with Gasteiger partial charge in [0.05, 0.1) is 6.54 Å². The van der Waals surface area contributed by atoms with Crippen LogP contribution in [0.3, 0.4) is 0 Å². The molecule has 0 amide bonds. The molecular weight excluding hydrogens is 215 g/mol. The number of halogens is 4. The summed E-state index contributed by atoms with van der Waals surface area (Å²) in [4.78, 5) is 0. The van der Waals surface area contributed by atoms with Gasteiger partial charge < -0.3 is 5.73 Å². The molecule has 1 aromatic rings. The number of rotatable bonds is 3. The molecule has 0 atom stereocenters. The van der Waals surface area contributed by atoms with Crippen molar-refractivity contribution in [3.05, 3.63) is 34.6 Å². The Bertz CT molecular complexity index is 308. The highest BCUT2D eigenvalue weighted by Gasteiger charge is 2.27. The van der Waals surface area contributed by atoms with E-state index in [2.05, 4.69) is 0 Å².